The Bertz CT molecular complexity index is 583. The highest BCUT2D eigenvalue weighted by Crippen LogP contribution is 2.21. The molecule has 0 aromatic carbocycles. The zero-order valence-electron chi connectivity index (χ0n) is 15.3. The van der Waals surface area contributed by atoms with Gasteiger partial charge in [0.25, 0.3) is 0 Å². The molecule has 138 valence electrons. The van der Waals surface area contributed by atoms with Crippen LogP contribution in [0.3, 0.4) is 0 Å². The van der Waals surface area contributed by atoms with Crippen LogP contribution in [-0.4, -0.2) is 47.8 Å². The number of nitrogens with zero attached hydrogens (tertiary/aromatic N) is 2. The van der Waals surface area contributed by atoms with Gasteiger partial charge in [0.05, 0.1) is 19.6 Å². The number of rotatable bonds is 9. The lowest BCUT2D eigenvalue weighted by Crippen LogP contribution is -2.44. The number of hydrogen-bond donors (Lipinski definition) is 1. The molecule has 5 nitrogen and oxygen atoms in total. The molecule has 0 atom stereocenters. The summed E-state index contributed by atoms with van der Waals surface area (Å²) in [6.07, 6.45) is 6.59. The number of carbonyl (C=O) groups excluding carboxylic acids is 2. The Balaban J connectivity index is 1.83. The quantitative estimate of drug-likeness (QED) is 0.734. The van der Waals surface area contributed by atoms with Crippen LogP contribution in [0.15, 0.2) is 29.3 Å². The van der Waals surface area contributed by atoms with Crippen molar-refractivity contribution < 1.29 is 9.59 Å². The Morgan fingerprint density at radius 1 is 1.20 bits per heavy atom. The molecule has 1 aliphatic rings. The maximum Gasteiger partial charge on any atom is 0.240 e. The first kappa shape index (κ1) is 19.7. The van der Waals surface area contributed by atoms with Crippen molar-refractivity contribution in [1.29, 1.82) is 0 Å². The van der Waals surface area contributed by atoms with Gasteiger partial charge in [-0.25, -0.2) is 0 Å². The van der Waals surface area contributed by atoms with Crippen molar-refractivity contribution in [2.24, 2.45) is 0 Å². The molecule has 0 aliphatic heterocycles. The van der Waals surface area contributed by atoms with Crippen molar-refractivity contribution in [1.82, 2.24) is 15.1 Å². The second-order valence-corrected chi connectivity index (χ2v) is 7.27. The Kier molecular flexibility index (Phi) is 8.15. The van der Waals surface area contributed by atoms with Gasteiger partial charge in [0.15, 0.2) is 0 Å². The molecule has 6 heteroatoms. The van der Waals surface area contributed by atoms with Gasteiger partial charge >= 0.3 is 0 Å². The maximum absolute atomic E-state index is 12.7. The third-order valence-electron chi connectivity index (χ3n) is 4.44. The third kappa shape index (κ3) is 6.29. The van der Waals surface area contributed by atoms with Gasteiger partial charge in [-0.05, 0) is 50.6 Å². The lowest BCUT2D eigenvalue weighted by atomic mass is 10.0. The van der Waals surface area contributed by atoms with E-state index in [1.807, 2.05) is 41.2 Å². The average Bonchev–Trinajstić information content (AvgIpc) is 3.14. The summed E-state index contributed by atoms with van der Waals surface area (Å²) < 4.78 is 0. The van der Waals surface area contributed by atoms with Crippen LogP contribution in [0.4, 0.5) is 0 Å². The fraction of sp³-hybridized carbons (Fsp3) is 0.579. The minimum Gasteiger partial charge on any atom is -0.350 e. The van der Waals surface area contributed by atoms with E-state index in [4.69, 9.17) is 0 Å². The number of hydrogen-bond acceptors (Lipinski definition) is 4. The van der Waals surface area contributed by atoms with Gasteiger partial charge < -0.3 is 10.2 Å². The minimum atomic E-state index is -0.0389. The summed E-state index contributed by atoms with van der Waals surface area (Å²) in [5.74, 6) is 0.0477. The van der Waals surface area contributed by atoms with Gasteiger partial charge in [0, 0.05) is 17.1 Å². The molecule has 1 aromatic rings. The summed E-state index contributed by atoms with van der Waals surface area (Å²) in [7, 11) is 0. The molecule has 0 radical (unpaired) electrons. The molecule has 1 N–H and O–H groups in total. The van der Waals surface area contributed by atoms with Crippen LogP contribution < -0.4 is 5.32 Å². The van der Waals surface area contributed by atoms with Gasteiger partial charge in [-0.15, -0.1) is 11.3 Å². The van der Waals surface area contributed by atoms with Crippen LogP contribution in [0.5, 0.6) is 0 Å². The van der Waals surface area contributed by atoms with Crippen LogP contribution in [0.1, 0.15) is 44.4 Å². The largest absolute Gasteiger partial charge is 0.350 e. The van der Waals surface area contributed by atoms with E-state index >= 15 is 0 Å². The predicted octanol–water partition coefficient (Wildman–Crippen LogP) is 2.99. The Hall–Kier alpha value is -1.66. The molecule has 0 bridgehead atoms. The van der Waals surface area contributed by atoms with Crippen LogP contribution in [0.2, 0.25) is 0 Å². The summed E-state index contributed by atoms with van der Waals surface area (Å²) in [6, 6.07) is 3.98. The molecule has 0 saturated heterocycles. The fourth-order valence-corrected chi connectivity index (χ4v) is 3.66. The van der Waals surface area contributed by atoms with Crippen molar-refractivity contribution in [2.45, 2.75) is 46.1 Å². The number of carbonyl (C=O) groups is 2. The smallest absolute Gasteiger partial charge is 0.240 e. The highest BCUT2D eigenvalue weighted by molar-refractivity contribution is 7.09. The number of nitrogens with one attached hydrogen (secondary N) is 1. The molecule has 25 heavy (non-hydrogen) atoms. The van der Waals surface area contributed by atoms with Crippen LogP contribution in [-0.2, 0) is 16.1 Å². The molecule has 1 aromatic heterocycles. The van der Waals surface area contributed by atoms with E-state index in [1.165, 1.54) is 6.42 Å². The fourth-order valence-electron chi connectivity index (χ4n) is 3.02. The summed E-state index contributed by atoms with van der Waals surface area (Å²) in [5.41, 5.74) is 1.15. The highest BCUT2D eigenvalue weighted by atomic mass is 32.1. The lowest BCUT2D eigenvalue weighted by molar-refractivity contribution is -0.131. The maximum atomic E-state index is 12.7. The summed E-state index contributed by atoms with van der Waals surface area (Å²) in [6.45, 7) is 6.45. The molecule has 0 fully saturated rings. The van der Waals surface area contributed by atoms with Crippen LogP contribution >= 0.6 is 11.3 Å². The first-order valence-electron chi connectivity index (χ1n) is 9.14. The van der Waals surface area contributed by atoms with Gasteiger partial charge in [-0.2, -0.15) is 0 Å². The monoisotopic (exact) mass is 363 g/mol. The number of allylic oxidation sites excluding steroid dienone is 2. The van der Waals surface area contributed by atoms with Crippen molar-refractivity contribution >= 4 is 23.2 Å². The zero-order chi connectivity index (χ0) is 18.1. The normalized spacial score (nSPS) is 14.3. The first-order chi connectivity index (χ1) is 12.1. The summed E-state index contributed by atoms with van der Waals surface area (Å²) >= 11 is 1.63. The summed E-state index contributed by atoms with van der Waals surface area (Å²) in [4.78, 5) is 29.7. The topological polar surface area (TPSA) is 52.7 Å². The highest BCUT2D eigenvalue weighted by Gasteiger charge is 2.21. The molecule has 0 spiro atoms. The van der Waals surface area contributed by atoms with E-state index in [2.05, 4.69) is 11.4 Å². The SMILES string of the molecule is CCN(CC(=O)NCc1cccs1)CC(=O)N(CC)C1=CCCCC1. The molecule has 2 amide bonds. The Labute approximate surface area is 154 Å². The second-order valence-electron chi connectivity index (χ2n) is 6.24. The van der Waals surface area contributed by atoms with E-state index in [0.29, 0.717) is 19.6 Å². The number of amides is 2. The minimum absolute atomic E-state index is 0.0389. The van der Waals surface area contributed by atoms with E-state index in [-0.39, 0.29) is 24.9 Å². The van der Waals surface area contributed by atoms with Gasteiger partial charge in [0.1, 0.15) is 0 Å². The van der Waals surface area contributed by atoms with Crippen LogP contribution in [0.25, 0.3) is 0 Å². The summed E-state index contributed by atoms with van der Waals surface area (Å²) in [5, 5.41) is 4.92. The molecule has 2 rings (SSSR count). The van der Waals surface area contributed by atoms with Gasteiger partial charge in [-0.3, -0.25) is 14.5 Å². The molecule has 1 heterocycles. The number of thiophene rings is 1. The first-order valence-corrected chi connectivity index (χ1v) is 10.0. The molecule has 0 saturated carbocycles. The van der Waals surface area contributed by atoms with E-state index in [1.54, 1.807) is 11.3 Å². The third-order valence-corrected chi connectivity index (χ3v) is 5.32. The van der Waals surface area contributed by atoms with Gasteiger partial charge in [0.2, 0.25) is 11.8 Å². The van der Waals surface area contributed by atoms with Crippen molar-refractivity contribution in [2.75, 3.05) is 26.2 Å². The van der Waals surface area contributed by atoms with E-state index in [0.717, 1.165) is 29.8 Å². The average molecular weight is 364 g/mol. The standard InChI is InChI=1S/C19H29N3O2S/c1-3-21(14-18(23)20-13-17-11-8-12-25-17)15-19(24)22(4-2)16-9-6-5-7-10-16/h8-9,11-12H,3-7,10,13-15H2,1-2H3,(H,20,23). The Morgan fingerprint density at radius 3 is 2.64 bits per heavy atom. The molecule has 1 aliphatic carbocycles. The molecule has 0 unspecified atom stereocenters. The van der Waals surface area contributed by atoms with Crippen LogP contribution in [0, 0.1) is 0 Å². The van der Waals surface area contributed by atoms with Crippen molar-refractivity contribution in [3.8, 4) is 0 Å². The second kappa shape index (κ2) is 10.4. The van der Waals surface area contributed by atoms with Crippen molar-refractivity contribution in [3.05, 3.63) is 34.2 Å². The molecular formula is C19H29N3O2S. The van der Waals surface area contributed by atoms with Gasteiger partial charge in [-0.1, -0.05) is 19.1 Å². The van der Waals surface area contributed by atoms with E-state index < -0.39 is 0 Å². The zero-order valence-corrected chi connectivity index (χ0v) is 16.1. The molecular weight excluding hydrogens is 334 g/mol. The number of likely N-dealkylation sites (N-methyl/N-ethyl adjacent to an activating group) is 2. The predicted molar refractivity (Wildman–Crippen MR) is 102 cm³/mol. The Morgan fingerprint density at radius 2 is 2.04 bits per heavy atom. The van der Waals surface area contributed by atoms with E-state index in [9.17, 15) is 9.59 Å². The van der Waals surface area contributed by atoms with Crippen molar-refractivity contribution in [3.63, 3.8) is 0 Å². The lowest BCUT2D eigenvalue weighted by Gasteiger charge is -2.29.